The van der Waals surface area contributed by atoms with Crippen LogP contribution < -0.4 is 5.32 Å². The Hall–Kier alpha value is -0.0800. The number of nitrogens with zero attached hydrogens (tertiary/aromatic N) is 1. The van der Waals surface area contributed by atoms with Gasteiger partial charge in [0.25, 0.3) is 0 Å². The molecule has 0 spiro atoms. The molecule has 1 aliphatic carbocycles. The van der Waals surface area contributed by atoms with E-state index in [0.29, 0.717) is 5.41 Å². The summed E-state index contributed by atoms with van der Waals surface area (Å²) in [4.78, 5) is 2.57. The van der Waals surface area contributed by atoms with E-state index in [2.05, 4.69) is 38.0 Å². The van der Waals surface area contributed by atoms with Crippen LogP contribution in [0.15, 0.2) is 0 Å². The van der Waals surface area contributed by atoms with Crippen LogP contribution in [0.1, 0.15) is 59.3 Å². The van der Waals surface area contributed by atoms with Crippen LogP contribution in [0.2, 0.25) is 0 Å². The first-order valence-corrected chi connectivity index (χ1v) is 7.54. The molecule has 1 saturated carbocycles. The third-order valence-electron chi connectivity index (χ3n) is 4.52. The molecule has 2 heteroatoms. The van der Waals surface area contributed by atoms with Crippen LogP contribution in [-0.2, 0) is 0 Å². The monoisotopic (exact) mass is 240 g/mol. The Morgan fingerprint density at radius 2 is 1.88 bits per heavy atom. The van der Waals surface area contributed by atoms with E-state index < -0.39 is 0 Å². The summed E-state index contributed by atoms with van der Waals surface area (Å²) in [6.07, 6.45) is 8.21. The SMILES string of the molecule is CCCNCC1(CN(C)C(C)CC)CCCC1. The molecule has 17 heavy (non-hydrogen) atoms. The van der Waals surface area contributed by atoms with E-state index in [0.717, 1.165) is 6.04 Å². The fourth-order valence-electron chi connectivity index (χ4n) is 3.04. The normalized spacial score (nSPS) is 21.0. The van der Waals surface area contributed by atoms with Crippen LogP contribution in [0, 0.1) is 5.41 Å². The van der Waals surface area contributed by atoms with Crippen molar-refractivity contribution in [2.75, 3.05) is 26.7 Å². The van der Waals surface area contributed by atoms with Gasteiger partial charge in [-0.25, -0.2) is 0 Å². The molecule has 0 saturated heterocycles. The highest BCUT2D eigenvalue weighted by atomic mass is 15.1. The van der Waals surface area contributed by atoms with E-state index >= 15 is 0 Å². The minimum absolute atomic E-state index is 0.563. The van der Waals surface area contributed by atoms with Crippen LogP contribution >= 0.6 is 0 Å². The summed E-state index contributed by atoms with van der Waals surface area (Å²) >= 11 is 0. The maximum absolute atomic E-state index is 3.65. The Morgan fingerprint density at radius 1 is 1.24 bits per heavy atom. The smallest absolute Gasteiger partial charge is 0.00614 e. The molecule has 0 aliphatic heterocycles. The van der Waals surface area contributed by atoms with E-state index in [9.17, 15) is 0 Å². The molecular formula is C15H32N2. The molecule has 1 atom stereocenters. The molecule has 0 heterocycles. The lowest BCUT2D eigenvalue weighted by atomic mass is 9.85. The molecule has 2 nitrogen and oxygen atoms in total. The topological polar surface area (TPSA) is 15.3 Å². The second-order valence-electron chi connectivity index (χ2n) is 6.06. The van der Waals surface area contributed by atoms with Crippen molar-refractivity contribution in [3.8, 4) is 0 Å². The standard InChI is InChI=1S/C15H32N2/c1-5-11-16-12-15(9-7-8-10-15)13-17(4)14(3)6-2/h14,16H,5-13H2,1-4H3. The summed E-state index contributed by atoms with van der Waals surface area (Å²) in [7, 11) is 2.30. The van der Waals surface area contributed by atoms with Crippen LogP contribution in [-0.4, -0.2) is 37.6 Å². The second kappa shape index (κ2) is 7.38. The van der Waals surface area contributed by atoms with E-state index in [4.69, 9.17) is 0 Å². The molecule has 1 N–H and O–H groups in total. The van der Waals surface area contributed by atoms with Gasteiger partial charge in [0.15, 0.2) is 0 Å². The highest BCUT2D eigenvalue weighted by Gasteiger charge is 2.34. The minimum atomic E-state index is 0.563. The molecule has 102 valence electrons. The van der Waals surface area contributed by atoms with Gasteiger partial charge in [-0.2, -0.15) is 0 Å². The Balaban J connectivity index is 2.46. The average Bonchev–Trinajstić information content (AvgIpc) is 2.77. The van der Waals surface area contributed by atoms with Gasteiger partial charge in [0.2, 0.25) is 0 Å². The largest absolute Gasteiger partial charge is 0.316 e. The van der Waals surface area contributed by atoms with Crippen LogP contribution in [0.5, 0.6) is 0 Å². The quantitative estimate of drug-likeness (QED) is 0.655. The van der Waals surface area contributed by atoms with Crippen molar-refractivity contribution >= 4 is 0 Å². The van der Waals surface area contributed by atoms with E-state index in [1.165, 1.54) is 58.2 Å². The lowest BCUT2D eigenvalue weighted by molar-refractivity contribution is 0.139. The third kappa shape index (κ3) is 4.59. The van der Waals surface area contributed by atoms with Crippen molar-refractivity contribution in [1.82, 2.24) is 10.2 Å². The van der Waals surface area contributed by atoms with E-state index in [1.54, 1.807) is 0 Å². The molecular weight excluding hydrogens is 208 g/mol. The van der Waals surface area contributed by atoms with E-state index in [-0.39, 0.29) is 0 Å². The first kappa shape index (κ1) is 15.0. The van der Waals surface area contributed by atoms with Gasteiger partial charge in [-0.15, -0.1) is 0 Å². The Labute approximate surface area is 108 Å². The van der Waals surface area contributed by atoms with Crippen molar-refractivity contribution in [3.63, 3.8) is 0 Å². The first-order valence-electron chi connectivity index (χ1n) is 7.54. The third-order valence-corrected chi connectivity index (χ3v) is 4.52. The lowest BCUT2D eigenvalue weighted by Gasteiger charge is -2.36. The van der Waals surface area contributed by atoms with Crippen molar-refractivity contribution in [2.45, 2.75) is 65.3 Å². The molecule has 0 aromatic carbocycles. The maximum atomic E-state index is 3.65. The molecule has 0 aromatic rings. The number of nitrogens with one attached hydrogen (secondary N) is 1. The van der Waals surface area contributed by atoms with Crippen molar-refractivity contribution < 1.29 is 0 Å². The van der Waals surface area contributed by atoms with Gasteiger partial charge in [-0.05, 0) is 51.6 Å². The zero-order valence-corrected chi connectivity index (χ0v) is 12.4. The van der Waals surface area contributed by atoms with Gasteiger partial charge < -0.3 is 10.2 Å². The number of rotatable bonds is 8. The van der Waals surface area contributed by atoms with Gasteiger partial charge in [0, 0.05) is 19.1 Å². The Bertz CT molecular complexity index is 197. The second-order valence-corrected chi connectivity index (χ2v) is 6.06. The number of hydrogen-bond donors (Lipinski definition) is 1. The van der Waals surface area contributed by atoms with Gasteiger partial charge >= 0.3 is 0 Å². The van der Waals surface area contributed by atoms with Crippen LogP contribution in [0.25, 0.3) is 0 Å². The van der Waals surface area contributed by atoms with E-state index in [1.807, 2.05) is 0 Å². The zero-order chi connectivity index (χ0) is 12.7. The molecule has 0 aromatic heterocycles. The minimum Gasteiger partial charge on any atom is -0.316 e. The molecule has 1 fully saturated rings. The van der Waals surface area contributed by atoms with Crippen molar-refractivity contribution in [1.29, 1.82) is 0 Å². The summed E-state index contributed by atoms with van der Waals surface area (Å²) in [6.45, 7) is 10.6. The average molecular weight is 240 g/mol. The summed E-state index contributed by atoms with van der Waals surface area (Å²) < 4.78 is 0. The molecule has 0 radical (unpaired) electrons. The van der Waals surface area contributed by atoms with Crippen LogP contribution in [0.3, 0.4) is 0 Å². The Kier molecular flexibility index (Phi) is 6.50. The van der Waals surface area contributed by atoms with Gasteiger partial charge in [0.1, 0.15) is 0 Å². The fourth-order valence-corrected chi connectivity index (χ4v) is 3.04. The fraction of sp³-hybridized carbons (Fsp3) is 1.00. The van der Waals surface area contributed by atoms with Crippen molar-refractivity contribution in [3.05, 3.63) is 0 Å². The lowest BCUT2D eigenvalue weighted by Crippen LogP contribution is -2.44. The molecule has 1 rings (SSSR count). The first-order chi connectivity index (χ1) is 8.13. The zero-order valence-electron chi connectivity index (χ0n) is 12.4. The van der Waals surface area contributed by atoms with Gasteiger partial charge in [-0.3, -0.25) is 0 Å². The Morgan fingerprint density at radius 3 is 2.41 bits per heavy atom. The highest BCUT2D eigenvalue weighted by molar-refractivity contribution is 4.89. The molecule has 0 amide bonds. The molecule has 0 bridgehead atoms. The predicted octanol–water partition coefficient (Wildman–Crippen LogP) is 3.28. The predicted molar refractivity (Wildman–Crippen MR) is 76.4 cm³/mol. The summed E-state index contributed by atoms with van der Waals surface area (Å²) in [5.41, 5.74) is 0.563. The summed E-state index contributed by atoms with van der Waals surface area (Å²) in [5, 5.41) is 3.65. The molecule has 1 aliphatic rings. The summed E-state index contributed by atoms with van der Waals surface area (Å²) in [5.74, 6) is 0. The van der Waals surface area contributed by atoms with Gasteiger partial charge in [-0.1, -0.05) is 26.7 Å². The van der Waals surface area contributed by atoms with Crippen LogP contribution in [0.4, 0.5) is 0 Å². The summed E-state index contributed by atoms with van der Waals surface area (Å²) in [6, 6.07) is 0.721. The maximum Gasteiger partial charge on any atom is 0.00614 e. The van der Waals surface area contributed by atoms with Crippen molar-refractivity contribution in [2.24, 2.45) is 5.41 Å². The van der Waals surface area contributed by atoms with Gasteiger partial charge in [0.05, 0.1) is 0 Å². The number of hydrogen-bond acceptors (Lipinski definition) is 2. The highest BCUT2D eigenvalue weighted by Crippen LogP contribution is 2.38. The molecule has 1 unspecified atom stereocenters.